The van der Waals surface area contributed by atoms with Gasteiger partial charge in [0.2, 0.25) is 5.95 Å². The summed E-state index contributed by atoms with van der Waals surface area (Å²) in [7, 11) is 1.62. The Balaban J connectivity index is 2.12. The lowest BCUT2D eigenvalue weighted by Gasteiger charge is -2.05. The van der Waals surface area contributed by atoms with Crippen molar-refractivity contribution in [2.45, 2.75) is 0 Å². The molecule has 0 atom stereocenters. The lowest BCUT2D eigenvalue weighted by Crippen LogP contribution is -2.03. The fourth-order valence-corrected chi connectivity index (χ4v) is 1.85. The Morgan fingerprint density at radius 2 is 1.75 bits per heavy atom. The molecule has 0 saturated heterocycles. The standard InChI is InChI=1S/C13H12N6O/c1-20-8-4-2-7(3-5-8)9-6-16-12-10(17-9)11(14)18-13(15)19-12/h2-6H,1H3,(H4,14,15,16,18,19). The minimum Gasteiger partial charge on any atom is -0.497 e. The van der Waals surface area contributed by atoms with E-state index in [0.717, 1.165) is 11.3 Å². The van der Waals surface area contributed by atoms with Crippen LogP contribution in [0.1, 0.15) is 0 Å². The van der Waals surface area contributed by atoms with Crippen LogP contribution in [0, 0.1) is 0 Å². The summed E-state index contributed by atoms with van der Waals surface area (Å²) in [6, 6.07) is 7.49. The SMILES string of the molecule is COc1ccc(-c2cnc3nc(N)nc(N)c3n2)cc1. The van der Waals surface area contributed by atoms with Gasteiger partial charge < -0.3 is 16.2 Å². The van der Waals surface area contributed by atoms with Crippen molar-refractivity contribution in [1.29, 1.82) is 0 Å². The van der Waals surface area contributed by atoms with E-state index in [1.54, 1.807) is 13.3 Å². The fraction of sp³-hybridized carbons (Fsp3) is 0.0769. The number of nitrogens with two attached hydrogens (primary N) is 2. The number of fused-ring (bicyclic) bond motifs is 1. The Labute approximate surface area is 114 Å². The number of anilines is 2. The summed E-state index contributed by atoms with van der Waals surface area (Å²) in [5.74, 6) is 1.08. The number of hydrogen-bond acceptors (Lipinski definition) is 7. The highest BCUT2D eigenvalue weighted by Gasteiger charge is 2.08. The molecule has 0 radical (unpaired) electrons. The summed E-state index contributed by atoms with van der Waals surface area (Å²) < 4.78 is 5.12. The van der Waals surface area contributed by atoms with Crippen LogP contribution in [-0.4, -0.2) is 27.0 Å². The van der Waals surface area contributed by atoms with Crippen molar-refractivity contribution < 1.29 is 4.74 Å². The van der Waals surface area contributed by atoms with E-state index in [-0.39, 0.29) is 11.8 Å². The van der Waals surface area contributed by atoms with Crippen molar-refractivity contribution in [3.05, 3.63) is 30.5 Å². The van der Waals surface area contributed by atoms with Gasteiger partial charge in [0.25, 0.3) is 0 Å². The van der Waals surface area contributed by atoms with Crippen LogP contribution in [0.4, 0.5) is 11.8 Å². The van der Waals surface area contributed by atoms with E-state index in [1.807, 2.05) is 24.3 Å². The van der Waals surface area contributed by atoms with E-state index in [4.69, 9.17) is 16.2 Å². The molecule has 0 unspecified atom stereocenters. The number of ether oxygens (including phenoxy) is 1. The first-order chi connectivity index (χ1) is 9.67. The van der Waals surface area contributed by atoms with E-state index in [0.29, 0.717) is 16.9 Å². The third kappa shape index (κ3) is 2.05. The highest BCUT2D eigenvalue weighted by molar-refractivity contribution is 5.83. The zero-order chi connectivity index (χ0) is 14.1. The second kappa shape index (κ2) is 4.61. The Bertz CT molecular complexity index is 772. The average molecular weight is 268 g/mol. The van der Waals surface area contributed by atoms with Crippen LogP contribution in [0.5, 0.6) is 5.75 Å². The first kappa shape index (κ1) is 12.1. The summed E-state index contributed by atoms with van der Waals surface area (Å²) >= 11 is 0. The maximum Gasteiger partial charge on any atom is 0.224 e. The summed E-state index contributed by atoms with van der Waals surface area (Å²) in [5, 5.41) is 0. The Morgan fingerprint density at radius 1 is 1.00 bits per heavy atom. The smallest absolute Gasteiger partial charge is 0.224 e. The largest absolute Gasteiger partial charge is 0.497 e. The van der Waals surface area contributed by atoms with Crippen LogP contribution in [0.25, 0.3) is 22.4 Å². The van der Waals surface area contributed by atoms with Crippen LogP contribution < -0.4 is 16.2 Å². The van der Waals surface area contributed by atoms with Crippen molar-refractivity contribution in [1.82, 2.24) is 19.9 Å². The van der Waals surface area contributed by atoms with Crippen LogP contribution in [0.15, 0.2) is 30.5 Å². The molecule has 0 aliphatic rings. The topological polar surface area (TPSA) is 113 Å². The number of hydrogen-bond donors (Lipinski definition) is 2. The Kier molecular flexibility index (Phi) is 2.79. The van der Waals surface area contributed by atoms with E-state index in [2.05, 4.69) is 19.9 Å². The van der Waals surface area contributed by atoms with Crippen molar-refractivity contribution in [2.75, 3.05) is 18.6 Å². The molecule has 1 aromatic carbocycles. The van der Waals surface area contributed by atoms with Gasteiger partial charge in [0.05, 0.1) is 19.0 Å². The van der Waals surface area contributed by atoms with Crippen molar-refractivity contribution in [3.8, 4) is 17.0 Å². The second-order valence-electron chi connectivity index (χ2n) is 4.12. The van der Waals surface area contributed by atoms with Gasteiger partial charge in [0.1, 0.15) is 5.75 Å². The molecule has 3 aromatic rings. The van der Waals surface area contributed by atoms with Gasteiger partial charge in [0, 0.05) is 5.56 Å². The summed E-state index contributed by atoms with van der Waals surface area (Å²) in [5.41, 5.74) is 13.7. The normalized spacial score (nSPS) is 10.7. The van der Waals surface area contributed by atoms with Crippen molar-refractivity contribution >= 4 is 22.9 Å². The van der Waals surface area contributed by atoms with E-state index >= 15 is 0 Å². The molecule has 7 nitrogen and oxygen atoms in total. The molecule has 20 heavy (non-hydrogen) atoms. The molecule has 0 fully saturated rings. The third-order valence-electron chi connectivity index (χ3n) is 2.84. The fourth-order valence-electron chi connectivity index (χ4n) is 1.85. The summed E-state index contributed by atoms with van der Waals surface area (Å²) in [6.07, 6.45) is 1.62. The van der Waals surface area contributed by atoms with Gasteiger partial charge in [-0.1, -0.05) is 0 Å². The molecule has 0 bridgehead atoms. The van der Waals surface area contributed by atoms with E-state index < -0.39 is 0 Å². The second-order valence-corrected chi connectivity index (χ2v) is 4.12. The average Bonchev–Trinajstić information content (AvgIpc) is 2.47. The van der Waals surface area contributed by atoms with Gasteiger partial charge in [-0.15, -0.1) is 0 Å². The van der Waals surface area contributed by atoms with Gasteiger partial charge in [-0.05, 0) is 24.3 Å². The molecule has 100 valence electrons. The van der Waals surface area contributed by atoms with Crippen LogP contribution in [-0.2, 0) is 0 Å². The number of nitrogens with zero attached hydrogens (tertiary/aromatic N) is 4. The summed E-state index contributed by atoms with van der Waals surface area (Å²) in [6.45, 7) is 0. The maximum absolute atomic E-state index is 5.80. The van der Waals surface area contributed by atoms with Crippen molar-refractivity contribution in [2.24, 2.45) is 0 Å². The molecule has 0 aliphatic heterocycles. The van der Waals surface area contributed by atoms with E-state index in [1.165, 1.54) is 0 Å². The number of rotatable bonds is 2. The molecule has 0 amide bonds. The van der Waals surface area contributed by atoms with Gasteiger partial charge >= 0.3 is 0 Å². The van der Waals surface area contributed by atoms with Gasteiger partial charge in [-0.2, -0.15) is 9.97 Å². The molecular formula is C13H12N6O. The predicted octanol–water partition coefficient (Wildman–Crippen LogP) is 1.26. The molecular weight excluding hydrogens is 256 g/mol. The predicted molar refractivity (Wildman–Crippen MR) is 75.9 cm³/mol. The molecule has 0 spiro atoms. The Hall–Kier alpha value is -2.96. The molecule has 0 saturated carbocycles. The lowest BCUT2D eigenvalue weighted by molar-refractivity contribution is 0.415. The molecule has 0 aliphatic carbocycles. The van der Waals surface area contributed by atoms with Crippen LogP contribution >= 0.6 is 0 Å². The molecule has 2 heterocycles. The number of aromatic nitrogens is 4. The number of nitrogen functional groups attached to an aromatic ring is 2. The highest BCUT2D eigenvalue weighted by atomic mass is 16.5. The zero-order valence-electron chi connectivity index (χ0n) is 10.7. The van der Waals surface area contributed by atoms with E-state index in [9.17, 15) is 0 Å². The minimum atomic E-state index is 0.0847. The highest BCUT2D eigenvalue weighted by Crippen LogP contribution is 2.23. The maximum atomic E-state index is 5.80. The molecule has 2 aromatic heterocycles. The molecule has 4 N–H and O–H groups in total. The summed E-state index contributed by atoms with van der Waals surface area (Å²) in [4.78, 5) is 16.5. The first-order valence-corrected chi connectivity index (χ1v) is 5.87. The van der Waals surface area contributed by atoms with Crippen LogP contribution in [0.2, 0.25) is 0 Å². The van der Waals surface area contributed by atoms with Gasteiger partial charge in [-0.3, -0.25) is 0 Å². The quantitative estimate of drug-likeness (QED) is 0.719. The minimum absolute atomic E-state index is 0.0847. The number of methoxy groups -OCH3 is 1. The van der Waals surface area contributed by atoms with Gasteiger partial charge in [0.15, 0.2) is 17.0 Å². The Morgan fingerprint density at radius 3 is 2.45 bits per heavy atom. The zero-order valence-corrected chi connectivity index (χ0v) is 10.7. The first-order valence-electron chi connectivity index (χ1n) is 5.87. The van der Waals surface area contributed by atoms with Gasteiger partial charge in [-0.25, -0.2) is 9.97 Å². The van der Waals surface area contributed by atoms with Crippen LogP contribution in [0.3, 0.4) is 0 Å². The molecule has 7 heteroatoms. The monoisotopic (exact) mass is 268 g/mol. The molecule has 3 rings (SSSR count). The number of benzene rings is 1. The lowest BCUT2D eigenvalue weighted by atomic mass is 10.1. The van der Waals surface area contributed by atoms with Crippen molar-refractivity contribution in [3.63, 3.8) is 0 Å². The third-order valence-corrected chi connectivity index (χ3v) is 2.84.